The first-order chi connectivity index (χ1) is 9.19. The molecule has 2 aromatic rings. The fourth-order valence-electron chi connectivity index (χ4n) is 1.67. The van der Waals surface area contributed by atoms with Gasteiger partial charge in [-0.25, -0.2) is 4.79 Å². The molecule has 0 radical (unpaired) electrons. The Morgan fingerprint density at radius 2 is 1.74 bits per heavy atom. The molecule has 2 rings (SSSR count). The highest BCUT2D eigenvalue weighted by Gasteiger charge is 2.03. The van der Waals surface area contributed by atoms with Crippen LogP contribution in [0, 0.1) is 0 Å². The molecule has 0 heterocycles. The van der Waals surface area contributed by atoms with Crippen LogP contribution in [0.1, 0.15) is 21.5 Å². The van der Waals surface area contributed by atoms with E-state index in [1.165, 1.54) is 7.11 Å². The Morgan fingerprint density at radius 1 is 1.05 bits per heavy atom. The first kappa shape index (κ1) is 12.9. The van der Waals surface area contributed by atoms with E-state index in [9.17, 15) is 9.90 Å². The standard InChI is InChI=1S/C16H14O3/c1-19-16(18)14-4-2-3-13(11-14)6-5-12-7-9-15(17)10-8-12/h2-11,17H,1H3. The molecule has 2 aromatic carbocycles. The first-order valence-electron chi connectivity index (χ1n) is 5.84. The largest absolute Gasteiger partial charge is 0.508 e. The predicted molar refractivity (Wildman–Crippen MR) is 74.8 cm³/mol. The first-order valence-corrected chi connectivity index (χ1v) is 5.84. The third kappa shape index (κ3) is 3.45. The number of carbonyl (C=O) groups excluding carboxylic acids is 1. The third-order valence-corrected chi connectivity index (χ3v) is 2.67. The van der Waals surface area contributed by atoms with Crippen molar-refractivity contribution in [2.45, 2.75) is 0 Å². The van der Waals surface area contributed by atoms with Crippen molar-refractivity contribution in [1.29, 1.82) is 0 Å². The number of esters is 1. The quantitative estimate of drug-likeness (QED) is 0.675. The Hall–Kier alpha value is -2.55. The summed E-state index contributed by atoms with van der Waals surface area (Å²) >= 11 is 0. The monoisotopic (exact) mass is 254 g/mol. The van der Waals surface area contributed by atoms with Crippen LogP contribution in [0.4, 0.5) is 0 Å². The molecule has 3 nitrogen and oxygen atoms in total. The zero-order valence-electron chi connectivity index (χ0n) is 10.5. The van der Waals surface area contributed by atoms with Gasteiger partial charge in [0.15, 0.2) is 0 Å². The molecule has 1 N–H and O–H groups in total. The van der Waals surface area contributed by atoms with Crippen LogP contribution in [0.2, 0.25) is 0 Å². The Kier molecular flexibility index (Phi) is 3.98. The van der Waals surface area contributed by atoms with Crippen molar-refractivity contribution in [3.05, 3.63) is 65.2 Å². The molecular weight excluding hydrogens is 240 g/mol. The number of phenolic OH excluding ortho intramolecular Hbond substituents is 1. The normalized spacial score (nSPS) is 10.6. The number of carbonyl (C=O) groups is 1. The highest BCUT2D eigenvalue weighted by Crippen LogP contribution is 2.14. The molecule has 0 aliphatic heterocycles. The number of hydrogen-bond donors (Lipinski definition) is 1. The zero-order valence-corrected chi connectivity index (χ0v) is 10.5. The molecule has 0 fully saturated rings. The number of methoxy groups -OCH3 is 1. The number of benzene rings is 2. The summed E-state index contributed by atoms with van der Waals surface area (Å²) in [7, 11) is 1.36. The molecule has 0 spiro atoms. The minimum atomic E-state index is -0.347. The average Bonchev–Trinajstić information content (AvgIpc) is 2.46. The van der Waals surface area contributed by atoms with Gasteiger partial charge in [-0.05, 0) is 35.4 Å². The minimum absolute atomic E-state index is 0.241. The molecule has 0 aliphatic carbocycles. The molecule has 19 heavy (non-hydrogen) atoms. The molecule has 0 saturated heterocycles. The average molecular weight is 254 g/mol. The summed E-state index contributed by atoms with van der Waals surface area (Å²) in [6.07, 6.45) is 3.81. The molecule has 3 heteroatoms. The minimum Gasteiger partial charge on any atom is -0.508 e. The molecule has 0 unspecified atom stereocenters. The third-order valence-electron chi connectivity index (χ3n) is 2.67. The van der Waals surface area contributed by atoms with Gasteiger partial charge in [0.05, 0.1) is 12.7 Å². The maximum Gasteiger partial charge on any atom is 0.337 e. The Labute approximate surface area is 111 Å². The van der Waals surface area contributed by atoms with Crippen molar-refractivity contribution in [3.63, 3.8) is 0 Å². The SMILES string of the molecule is COC(=O)c1cccc(C=Cc2ccc(O)cc2)c1. The lowest BCUT2D eigenvalue weighted by Gasteiger charge is -2.00. The van der Waals surface area contributed by atoms with Crippen LogP contribution in [0.15, 0.2) is 48.5 Å². The summed E-state index contributed by atoms with van der Waals surface area (Å²) in [5, 5.41) is 9.19. The van der Waals surface area contributed by atoms with Crippen molar-refractivity contribution in [2.24, 2.45) is 0 Å². The second-order valence-electron chi connectivity index (χ2n) is 4.04. The van der Waals surface area contributed by atoms with E-state index in [0.717, 1.165) is 11.1 Å². The van der Waals surface area contributed by atoms with E-state index >= 15 is 0 Å². The van der Waals surface area contributed by atoms with Crippen LogP contribution in [-0.2, 0) is 4.74 Å². The fraction of sp³-hybridized carbons (Fsp3) is 0.0625. The summed E-state index contributed by atoms with van der Waals surface area (Å²) in [5.74, 6) is -0.107. The van der Waals surface area contributed by atoms with Crippen LogP contribution >= 0.6 is 0 Å². The van der Waals surface area contributed by atoms with E-state index in [4.69, 9.17) is 0 Å². The molecule has 0 atom stereocenters. The fourth-order valence-corrected chi connectivity index (χ4v) is 1.67. The molecule has 96 valence electrons. The molecule has 0 bridgehead atoms. The lowest BCUT2D eigenvalue weighted by Crippen LogP contribution is -2.00. The van der Waals surface area contributed by atoms with Crippen molar-refractivity contribution >= 4 is 18.1 Å². The van der Waals surface area contributed by atoms with Crippen molar-refractivity contribution in [2.75, 3.05) is 7.11 Å². The van der Waals surface area contributed by atoms with Gasteiger partial charge in [-0.15, -0.1) is 0 Å². The van der Waals surface area contributed by atoms with E-state index in [0.29, 0.717) is 5.56 Å². The predicted octanol–water partition coefficient (Wildman–Crippen LogP) is 3.35. The van der Waals surface area contributed by atoms with Crippen LogP contribution in [-0.4, -0.2) is 18.2 Å². The number of hydrogen-bond acceptors (Lipinski definition) is 3. The Morgan fingerprint density at radius 3 is 2.42 bits per heavy atom. The van der Waals surface area contributed by atoms with E-state index in [1.807, 2.05) is 36.4 Å². The number of phenols is 1. The van der Waals surface area contributed by atoms with Gasteiger partial charge in [-0.3, -0.25) is 0 Å². The van der Waals surface area contributed by atoms with Crippen molar-refractivity contribution in [3.8, 4) is 5.75 Å². The van der Waals surface area contributed by atoms with Gasteiger partial charge in [0.1, 0.15) is 5.75 Å². The molecule has 0 amide bonds. The van der Waals surface area contributed by atoms with Gasteiger partial charge in [-0.2, -0.15) is 0 Å². The number of aromatic hydroxyl groups is 1. The van der Waals surface area contributed by atoms with E-state index in [2.05, 4.69) is 4.74 Å². The summed E-state index contributed by atoms with van der Waals surface area (Å²) in [6.45, 7) is 0. The summed E-state index contributed by atoms with van der Waals surface area (Å²) in [5.41, 5.74) is 2.41. The lowest BCUT2D eigenvalue weighted by molar-refractivity contribution is 0.0600. The van der Waals surface area contributed by atoms with Crippen LogP contribution in [0.3, 0.4) is 0 Å². The number of rotatable bonds is 3. The molecule has 0 aliphatic rings. The van der Waals surface area contributed by atoms with Gasteiger partial charge in [0.2, 0.25) is 0 Å². The lowest BCUT2D eigenvalue weighted by atomic mass is 10.1. The number of ether oxygens (including phenoxy) is 1. The van der Waals surface area contributed by atoms with E-state index < -0.39 is 0 Å². The van der Waals surface area contributed by atoms with Gasteiger partial charge < -0.3 is 9.84 Å². The van der Waals surface area contributed by atoms with Gasteiger partial charge in [0.25, 0.3) is 0 Å². The molecular formula is C16H14O3. The zero-order chi connectivity index (χ0) is 13.7. The summed E-state index contributed by atoms with van der Waals surface area (Å²) < 4.78 is 4.68. The Balaban J connectivity index is 2.19. The van der Waals surface area contributed by atoms with E-state index in [-0.39, 0.29) is 11.7 Å². The van der Waals surface area contributed by atoms with E-state index in [1.54, 1.807) is 24.3 Å². The Bertz CT molecular complexity index is 598. The van der Waals surface area contributed by atoms with Gasteiger partial charge in [0, 0.05) is 0 Å². The van der Waals surface area contributed by atoms with Crippen LogP contribution in [0.25, 0.3) is 12.2 Å². The molecule has 0 aromatic heterocycles. The second-order valence-corrected chi connectivity index (χ2v) is 4.04. The van der Waals surface area contributed by atoms with Crippen molar-refractivity contribution in [1.82, 2.24) is 0 Å². The van der Waals surface area contributed by atoms with Gasteiger partial charge in [-0.1, -0.05) is 36.4 Å². The summed E-state index contributed by atoms with van der Waals surface area (Å²) in [4.78, 5) is 11.4. The highest BCUT2D eigenvalue weighted by atomic mass is 16.5. The maximum atomic E-state index is 11.4. The second kappa shape index (κ2) is 5.87. The molecule has 0 saturated carbocycles. The topological polar surface area (TPSA) is 46.5 Å². The smallest absolute Gasteiger partial charge is 0.337 e. The van der Waals surface area contributed by atoms with Crippen LogP contribution in [0.5, 0.6) is 5.75 Å². The highest BCUT2D eigenvalue weighted by molar-refractivity contribution is 5.90. The van der Waals surface area contributed by atoms with Gasteiger partial charge >= 0.3 is 5.97 Å². The summed E-state index contributed by atoms with van der Waals surface area (Å²) in [6, 6.07) is 14.1. The van der Waals surface area contributed by atoms with Crippen molar-refractivity contribution < 1.29 is 14.6 Å². The maximum absolute atomic E-state index is 11.4. The van der Waals surface area contributed by atoms with Crippen LogP contribution < -0.4 is 0 Å².